The van der Waals surface area contributed by atoms with E-state index in [1.807, 2.05) is 45.0 Å². The second-order valence-corrected chi connectivity index (χ2v) is 7.62. The monoisotopic (exact) mass is 354 g/mol. The van der Waals surface area contributed by atoms with E-state index >= 15 is 0 Å². The van der Waals surface area contributed by atoms with Gasteiger partial charge in [0.2, 0.25) is 0 Å². The van der Waals surface area contributed by atoms with Crippen LogP contribution in [0.15, 0.2) is 28.7 Å². The van der Waals surface area contributed by atoms with E-state index in [2.05, 4.69) is 21.2 Å². The zero-order chi connectivity index (χ0) is 15.7. The number of carbonyl (C=O) groups is 1. The first kappa shape index (κ1) is 16.3. The molecule has 0 bridgehead atoms. The molecule has 1 aromatic carbocycles. The number of nitrogens with one attached hydrogen (secondary N) is 1. The van der Waals surface area contributed by atoms with Crippen LogP contribution in [-0.2, 0) is 0 Å². The van der Waals surface area contributed by atoms with E-state index in [0.717, 1.165) is 10.2 Å². The van der Waals surface area contributed by atoms with Crippen molar-refractivity contribution in [3.05, 3.63) is 28.7 Å². The number of halogens is 1. The predicted octanol–water partition coefficient (Wildman–Crippen LogP) is 3.85. The van der Waals surface area contributed by atoms with Crippen molar-refractivity contribution in [1.29, 1.82) is 0 Å². The van der Waals surface area contributed by atoms with Gasteiger partial charge in [-0.1, -0.05) is 42.8 Å². The van der Waals surface area contributed by atoms with Crippen LogP contribution < -0.4 is 5.32 Å². The maximum absolute atomic E-state index is 12.3. The van der Waals surface area contributed by atoms with Gasteiger partial charge in [-0.15, -0.1) is 0 Å². The lowest BCUT2D eigenvalue weighted by molar-refractivity contribution is -0.0925. The lowest BCUT2D eigenvalue weighted by atomic mass is 9.71. The SMILES string of the molecule is CC(C)(C)C1(O)CCN(C(=O)Nc2cccc(Br)c2)CC1. The molecule has 1 aliphatic heterocycles. The molecule has 2 N–H and O–H groups in total. The van der Waals surface area contributed by atoms with Crippen molar-refractivity contribution in [2.24, 2.45) is 5.41 Å². The Bertz CT molecular complexity index is 517. The molecule has 0 saturated carbocycles. The highest BCUT2D eigenvalue weighted by molar-refractivity contribution is 9.10. The molecule has 2 amide bonds. The van der Waals surface area contributed by atoms with Gasteiger partial charge in [-0.2, -0.15) is 0 Å². The van der Waals surface area contributed by atoms with Crippen molar-refractivity contribution in [3.63, 3.8) is 0 Å². The largest absolute Gasteiger partial charge is 0.389 e. The van der Waals surface area contributed by atoms with Crippen LogP contribution in [0.1, 0.15) is 33.6 Å². The summed E-state index contributed by atoms with van der Waals surface area (Å²) in [5.41, 5.74) is -0.0922. The number of benzene rings is 1. The van der Waals surface area contributed by atoms with Crippen LogP contribution in [0.4, 0.5) is 10.5 Å². The number of anilines is 1. The number of hydrogen-bond donors (Lipinski definition) is 2. The first-order chi connectivity index (χ1) is 9.71. The van der Waals surface area contributed by atoms with E-state index in [4.69, 9.17) is 0 Å². The maximum Gasteiger partial charge on any atom is 0.321 e. The fourth-order valence-corrected chi connectivity index (χ4v) is 3.00. The van der Waals surface area contributed by atoms with Crippen LogP contribution in [0.3, 0.4) is 0 Å². The van der Waals surface area contributed by atoms with Crippen molar-refractivity contribution in [3.8, 4) is 0 Å². The Kier molecular flexibility index (Phi) is 4.63. The van der Waals surface area contributed by atoms with Gasteiger partial charge in [-0.05, 0) is 36.5 Å². The highest BCUT2D eigenvalue weighted by Crippen LogP contribution is 2.38. The first-order valence-electron chi connectivity index (χ1n) is 7.25. The minimum atomic E-state index is -0.695. The number of aliphatic hydroxyl groups is 1. The number of nitrogens with zero attached hydrogens (tertiary/aromatic N) is 1. The average Bonchev–Trinajstić information content (AvgIpc) is 2.38. The Morgan fingerprint density at radius 1 is 1.33 bits per heavy atom. The van der Waals surface area contributed by atoms with Gasteiger partial charge in [0, 0.05) is 23.2 Å². The summed E-state index contributed by atoms with van der Waals surface area (Å²) in [4.78, 5) is 14.0. The standard InChI is InChI=1S/C16H23BrN2O2/c1-15(2,3)16(21)7-9-19(10-8-16)14(20)18-13-6-4-5-12(17)11-13/h4-6,11,21H,7-10H2,1-3H3,(H,18,20). The number of urea groups is 1. The van der Waals surface area contributed by atoms with Crippen LogP contribution in [0.5, 0.6) is 0 Å². The van der Waals surface area contributed by atoms with Crippen LogP contribution in [-0.4, -0.2) is 34.7 Å². The van der Waals surface area contributed by atoms with Crippen molar-refractivity contribution < 1.29 is 9.90 Å². The lowest BCUT2D eigenvalue weighted by Crippen LogP contribution is -2.53. The molecule has 0 spiro atoms. The Morgan fingerprint density at radius 3 is 2.48 bits per heavy atom. The molecule has 4 nitrogen and oxygen atoms in total. The van der Waals surface area contributed by atoms with Crippen LogP contribution in [0, 0.1) is 5.41 Å². The normalized spacial score (nSPS) is 18.4. The highest BCUT2D eigenvalue weighted by Gasteiger charge is 2.43. The highest BCUT2D eigenvalue weighted by atomic mass is 79.9. The minimum Gasteiger partial charge on any atom is -0.389 e. The Balaban J connectivity index is 1.95. The number of piperidine rings is 1. The van der Waals surface area contributed by atoms with Crippen molar-refractivity contribution in [1.82, 2.24) is 4.90 Å². The van der Waals surface area contributed by atoms with E-state index in [1.165, 1.54) is 0 Å². The Hall–Kier alpha value is -1.07. The van der Waals surface area contributed by atoms with E-state index in [0.29, 0.717) is 25.9 Å². The van der Waals surface area contributed by atoms with E-state index < -0.39 is 5.60 Å². The molecule has 1 heterocycles. The van der Waals surface area contributed by atoms with E-state index in [9.17, 15) is 9.90 Å². The van der Waals surface area contributed by atoms with Gasteiger partial charge in [-0.25, -0.2) is 4.79 Å². The minimum absolute atomic E-state index is 0.107. The molecule has 0 atom stereocenters. The van der Waals surface area contributed by atoms with Gasteiger partial charge in [0.1, 0.15) is 0 Å². The molecule has 0 aliphatic carbocycles. The third kappa shape index (κ3) is 3.77. The predicted molar refractivity (Wildman–Crippen MR) is 88.4 cm³/mol. The molecule has 21 heavy (non-hydrogen) atoms. The average molecular weight is 355 g/mol. The fourth-order valence-electron chi connectivity index (χ4n) is 2.60. The fraction of sp³-hybridized carbons (Fsp3) is 0.562. The molecule has 5 heteroatoms. The summed E-state index contributed by atoms with van der Waals surface area (Å²) in [6, 6.07) is 7.42. The number of amides is 2. The molecule has 116 valence electrons. The summed E-state index contributed by atoms with van der Waals surface area (Å²) in [5.74, 6) is 0. The van der Waals surface area contributed by atoms with Gasteiger partial charge in [0.15, 0.2) is 0 Å². The summed E-state index contributed by atoms with van der Waals surface area (Å²) in [7, 11) is 0. The Morgan fingerprint density at radius 2 is 1.95 bits per heavy atom. The van der Waals surface area contributed by atoms with Crippen LogP contribution >= 0.6 is 15.9 Å². The molecule has 1 aliphatic rings. The van der Waals surface area contributed by atoms with Crippen molar-refractivity contribution >= 4 is 27.6 Å². The second kappa shape index (κ2) is 5.97. The number of likely N-dealkylation sites (tertiary alicyclic amines) is 1. The molecule has 0 radical (unpaired) electrons. The summed E-state index contributed by atoms with van der Waals surface area (Å²) >= 11 is 3.39. The molecule has 0 aromatic heterocycles. The Labute approximate surface area is 134 Å². The molecular formula is C16H23BrN2O2. The van der Waals surface area contributed by atoms with Gasteiger partial charge in [-0.3, -0.25) is 0 Å². The summed E-state index contributed by atoms with van der Waals surface area (Å²) in [5, 5.41) is 13.6. The number of hydrogen-bond acceptors (Lipinski definition) is 2. The lowest BCUT2D eigenvalue weighted by Gasteiger charge is -2.46. The summed E-state index contributed by atoms with van der Waals surface area (Å²) in [6.45, 7) is 7.29. The summed E-state index contributed by atoms with van der Waals surface area (Å²) < 4.78 is 0.932. The quantitative estimate of drug-likeness (QED) is 0.804. The third-order valence-corrected chi connectivity index (χ3v) is 4.84. The summed E-state index contributed by atoms with van der Waals surface area (Å²) in [6.07, 6.45) is 1.23. The molecule has 1 aromatic rings. The number of rotatable bonds is 1. The van der Waals surface area contributed by atoms with E-state index in [-0.39, 0.29) is 11.4 Å². The van der Waals surface area contributed by atoms with Crippen molar-refractivity contribution in [2.45, 2.75) is 39.2 Å². The first-order valence-corrected chi connectivity index (χ1v) is 8.04. The van der Waals surface area contributed by atoms with Gasteiger partial charge >= 0.3 is 6.03 Å². The van der Waals surface area contributed by atoms with Crippen molar-refractivity contribution in [2.75, 3.05) is 18.4 Å². The molecule has 0 unspecified atom stereocenters. The molecule has 2 rings (SSSR count). The van der Waals surface area contributed by atoms with Crippen LogP contribution in [0.25, 0.3) is 0 Å². The number of carbonyl (C=O) groups excluding carboxylic acids is 1. The van der Waals surface area contributed by atoms with Gasteiger partial charge in [0.05, 0.1) is 5.60 Å². The van der Waals surface area contributed by atoms with E-state index in [1.54, 1.807) is 4.90 Å². The van der Waals surface area contributed by atoms with Gasteiger partial charge in [0.25, 0.3) is 0 Å². The second-order valence-electron chi connectivity index (χ2n) is 6.71. The topological polar surface area (TPSA) is 52.6 Å². The zero-order valence-corrected chi connectivity index (χ0v) is 14.4. The molecule has 1 saturated heterocycles. The molecule has 1 fully saturated rings. The van der Waals surface area contributed by atoms with Crippen LogP contribution in [0.2, 0.25) is 0 Å². The zero-order valence-electron chi connectivity index (χ0n) is 12.8. The maximum atomic E-state index is 12.3. The third-order valence-electron chi connectivity index (χ3n) is 4.35. The smallest absolute Gasteiger partial charge is 0.321 e. The molecular weight excluding hydrogens is 332 g/mol. The van der Waals surface area contributed by atoms with Gasteiger partial charge < -0.3 is 15.3 Å².